The number of amides is 1. The van der Waals surface area contributed by atoms with Gasteiger partial charge in [0.2, 0.25) is 0 Å². The third-order valence-electron chi connectivity index (χ3n) is 2.68. The highest BCUT2D eigenvalue weighted by molar-refractivity contribution is 9.09. The number of hydrogen-bond donors (Lipinski definition) is 1. The first kappa shape index (κ1) is 16.8. The molecular formula is C15H22BrNO3. The summed E-state index contributed by atoms with van der Waals surface area (Å²) >= 11 is 3.39. The normalized spacial score (nSPS) is 11.8. The second-order valence-corrected chi connectivity index (χ2v) is 5.14. The van der Waals surface area contributed by atoms with Gasteiger partial charge in [0.1, 0.15) is 0 Å². The highest BCUT2D eigenvalue weighted by atomic mass is 79.9. The van der Waals surface area contributed by atoms with E-state index >= 15 is 0 Å². The Kier molecular flexibility index (Phi) is 7.44. The zero-order valence-corrected chi connectivity index (χ0v) is 13.8. The van der Waals surface area contributed by atoms with Gasteiger partial charge in [0.15, 0.2) is 11.5 Å². The Balaban J connectivity index is 2.79. The first-order chi connectivity index (χ1) is 9.62. The largest absolute Gasteiger partial charge is 0.490 e. The molecule has 1 amide bonds. The Morgan fingerprint density at radius 2 is 1.90 bits per heavy atom. The van der Waals surface area contributed by atoms with Crippen molar-refractivity contribution >= 4 is 21.8 Å². The quantitative estimate of drug-likeness (QED) is 0.737. The van der Waals surface area contributed by atoms with Crippen molar-refractivity contribution in [2.24, 2.45) is 5.92 Å². The fraction of sp³-hybridized carbons (Fsp3) is 0.533. The predicted molar refractivity (Wildman–Crippen MR) is 84.1 cm³/mol. The number of benzene rings is 1. The van der Waals surface area contributed by atoms with Crippen molar-refractivity contribution in [2.75, 3.05) is 25.1 Å². The van der Waals surface area contributed by atoms with E-state index in [4.69, 9.17) is 9.47 Å². The second-order valence-electron chi connectivity index (χ2n) is 4.50. The summed E-state index contributed by atoms with van der Waals surface area (Å²) in [5, 5.41) is 3.77. The summed E-state index contributed by atoms with van der Waals surface area (Å²) in [5.74, 6) is 1.57. The van der Waals surface area contributed by atoms with Crippen molar-refractivity contribution in [2.45, 2.75) is 20.8 Å². The molecule has 1 atom stereocenters. The van der Waals surface area contributed by atoms with E-state index in [2.05, 4.69) is 28.2 Å². The molecule has 1 N–H and O–H groups in total. The molecule has 20 heavy (non-hydrogen) atoms. The summed E-state index contributed by atoms with van der Waals surface area (Å²) < 4.78 is 11.0. The van der Waals surface area contributed by atoms with Gasteiger partial charge in [0, 0.05) is 17.4 Å². The number of carbonyl (C=O) groups is 1. The molecule has 0 saturated carbocycles. The summed E-state index contributed by atoms with van der Waals surface area (Å²) in [6, 6.07) is 5.25. The summed E-state index contributed by atoms with van der Waals surface area (Å²) in [6.07, 6.45) is 0. The van der Waals surface area contributed by atoms with E-state index in [1.165, 1.54) is 0 Å². The Bertz CT molecular complexity index is 437. The molecule has 1 unspecified atom stereocenters. The Hall–Kier alpha value is -1.23. The van der Waals surface area contributed by atoms with Gasteiger partial charge in [-0.2, -0.15) is 0 Å². The summed E-state index contributed by atoms with van der Waals surface area (Å²) in [6.45, 7) is 7.62. The predicted octanol–water partition coefficient (Wildman–Crippen LogP) is 3.24. The molecule has 0 spiro atoms. The molecule has 5 heteroatoms. The van der Waals surface area contributed by atoms with Crippen molar-refractivity contribution in [1.82, 2.24) is 5.32 Å². The van der Waals surface area contributed by atoms with Gasteiger partial charge in [-0.1, -0.05) is 22.9 Å². The van der Waals surface area contributed by atoms with Crippen molar-refractivity contribution in [3.63, 3.8) is 0 Å². The second kappa shape index (κ2) is 8.84. The number of ether oxygens (including phenoxy) is 2. The molecule has 0 aromatic heterocycles. The minimum atomic E-state index is -0.0956. The third-order valence-corrected chi connectivity index (χ3v) is 3.79. The van der Waals surface area contributed by atoms with Gasteiger partial charge < -0.3 is 14.8 Å². The fourth-order valence-electron chi connectivity index (χ4n) is 1.62. The van der Waals surface area contributed by atoms with Crippen LogP contribution in [0.2, 0.25) is 0 Å². The highest BCUT2D eigenvalue weighted by Crippen LogP contribution is 2.28. The van der Waals surface area contributed by atoms with Crippen molar-refractivity contribution < 1.29 is 14.3 Å². The van der Waals surface area contributed by atoms with Crippen molar-refractivity contribution in [3.8, 4) is 11.5 Å². The van der Waals surface area contributed by atoms with Gasteiger partial charge in [-0.25, -0.2) is 0 Å². The number of rotatable bonds is 8. The third kappa shape index (κ3) is 5.04. The van der Waals surface area contributed by atoms with E-state index < -0.39 is 0 Å². The SMILES string of the molecule is CCOc1ccc(C(=O)NCC(C)CBr)cc1OCC. The van der Waals surface area contributed by atoms with Crippen LogP contribution in [0.3, 0.4) is 0 Å². The topological polar surface area (TPSA) is 47.6 Å². The molecule has 0 radical (unpaired) electrons. The average Bonchev–Trinajstić information content (AvgIpc) is 2.46. The van der Waals surface area contributed by atoms with Gasteiger partial charge in [-0.3, -0.25) is 4.79 Å². The van der Waals surface area contributed by atoms with Gasteiger partial charge >= 0.3 is 0 Å². The maximum absolute atomic E-state index is 12.1. The standard InChI is InChI=1S/C15H22BrNO3/c1-4-19-13-7-6-12(8-14(13)20-5-2)15(18)17-10-11(3)9-16/h6-8,11H,4-5,9-10H2,1-3H3,(H,17,18). The van der Waals surface area contributed by atoms with Gasteiger partial charge in [0.05, 0.1) is 13.2 Å². The van der Waals surface area contributed by atoms with Crippen molar-refractivity contribution in [1.29, 1.82) is 0 Å². The van der Waals surface area contributed by atoms with E-state index in [0.29, 0.717) is 42.7 Å². The number of hydrogen-bond acceptors (Lipinski definition) is 3. The van der Waals surface area contributed by atoms with E-state index in [0.717, 1.165) is 5.33 Å². The molecule has 0 bridgehead atoms. The van der Waals surface area contributed by atoms with E-state index in [9.17, 15) is 4.79 Å². The molecule has 4 nitrogen and oxygen atoms in total. The van der Waals surface area contributed by atoms with Crippen LogP contribution in [0.1, 0.15) is 31.1 Å². The Labute approximate surface area is 129 Å². The number of nitrogens with one attached hydrogen (secondary N) is 1. The maximum Gasteiger partial charge on any atom is 0.251 e. The molecule has 112 valence electrons. The monoisotopic (exact) mass is 343 g/mol. The number of carbonyl (C=O) groups excluding carboxylic acids is 1. The van der Waals surface area contributed by atoms with Crippen LogP contribution in [0.4, 0.5) is 0 Å². The Morgan fingerprint density at radius 3 is 2.50 bits per heavy atom. The van der Waals surface area contributed by atoms with Crippen LogP contribution in [-0.4, -0.2) is 31.0 Å². The first-order valence-corrected chi connectivity index (χ1v) is 7.98. The van der Waals surface area contributed by atoms with Crippen LogP contribution in [0, 0.1) is 5.92 Å². The van der Waals surface area contributed by atoms with Crippen LogP contribution in [0.15, 0.2) is 18.2 Å². The van der Waals surface area contributed by atoms with Gasteiger partial charge in [-0.05, 0) is 38.0 Å². The summed E-state index contributed by atoms with van der Waals surface area (Å²) in [4.78, 5) is 12.1. The summed E-state index contributed by atoms with van der Waals surface area (Å²) in [7, 11) is 0. The van der Waals surface area contributed by atoms with E-state index in [-0.39, 0.29) is 5.91 Å². The lowest BCUT2D eigenvalue weighted by molar-refractivity contribution is 0.0949. The zero-order chi connectivity index (χ0) is 15.0. The molecular weight excluding hydrogens is 322 g/mol. The fourth-order valence-corrected chi connectivity index (χ4v) is 1.84. The Morgan fingerprint density at radius 1 is 1.25 bits per heavy atom. The molecule has 0 fully saturated rings. The van der Waals surface area contributed by atoms with Crippen LogP contribution < -0.4 is 14.8 Å². The zero-order valence-electron chi connectivity index (χ0n) is 12.2. The maximum atomic E-state index is 12.1. The van der Waals surface area contributed by atoms with Crippen LogP contribution in [0.5, 0.6) is 11.5 Å². The van der Waals surface area contributed by atoms with E-state index in [1.807, 2.05) is 13.8 Å². The van der Waals surface area contributed by atoms with Crippen molar-refractivity contribution in [3.05, 3.63) is 23.8 Å². The van der Waals surface area contributed by atoms with Gasteiger partial charge in [0.25, 0.3) is 5.91 Å². The molecule has 0 aliphatic heterocycles. The minimum Gasteiger partial charge on any atom is -0.490 e. The lowest BCUT2D eigenvalue weighted by Gasteiger charge is -2.13. The molecule has 0 saturated heterocycles. The smallest absolute Gasteiger partial charge is 0.251 e. The molecule has 0 aliphatic carbocycles. The average molecular weight is 344 g/mol. The van der Waals surface area contributed by atoms with Crippen LogP contribution in [0.25, 0.3) is 0 Å². The molecule has 0 heterocycles. The molecule has 0 aliphatic rings. The number of alkyl halides is 1. The van der Waals surface area contributed by atoms with E-state index in [1.54, 1.807) is 18.2 Å². The van der Waals surface area contributed by atoms with Crippen LogP contribution in [-0.2, 0) is 0 Å². The lowest BCUT2D eigenvalue weighted by atomic mass is 10.1. The molecule has 1 rings (SSSR count). The van der Waals surface area contributed by atoms with Crippen LogP contribution >= 0.6 is 15.9 Å². The first-order valence-electron chi connectivity index (χ1n) is 6.86. The number of halogens is 1. The summed E-state index contributed by atoms with van der Waals surface area (Å²) in [5.41, 5.74) is 0.582. The van der Waals surface area contributed by atoms with Gasteiger partial charge in [-0.15, -0.1) is 0 Å². The molecule has 1 aromatic rings. The lowest BCUT2D eigenvalue weighted by Crippen LogP contribution is -2.28. The molecule has 1 aromatic carbocycles. The minimum absolute atomic E-state index is 0.0956. The highest BCUT2D eigenvalue weighted by Gasteiger charge is 2.12.